The quantitative estimate of drug-likeness (QED) is 0.486. The number of rotatable bonds is 6. The first-order valence-corrected chi connectivity index (χ1v) is 11.6. The van der Waals surface area contributed by atoms with E-state index < -0.39 is 24.4 Å². The van der Waals surface area contributed by atoms with Crippen LogP contribution in [0.1, 0.15) is 70.6 Å². The standard InChI is InChI=1S/C26H27N3O6/c1-15-5-3-4-6-22(15)28-23(31)14-35-26(34)17-7-12-20-21(13-17)25(33)29(24(20)32)19-10-8-18(9-11-19)27-16(2)30/h7-13,15,22H,3-6,14H2,1-2H3,(H,27,30)(H,28,31). The van der Waals surface area contributed by atoms with Crippen LogP contribution in [0.15, 0.2) is 42.5 Å². The Kier molecular flexibility index (Phi) is 6.95. The minimum absolute atomic E-state index is 0.0755. The van der Waals surface area contributed by atoms with E-state index >= 15 is 0 Å². The summed E-state index contributed by atoms with van der Waals surface area (Å²) in [5, 5.41) is 5.54. The molecule has 9 heteroatoms. The Morgan fingerprint density at radius 3 is 2.34 bits per heavy atom. The van der Waals surface area contributed by atoms with Crippen molar-refractivity contribution >= 4 is 41.0 Å². The van der Waals surface area contributed by atoms with Crippen molar-refractivity contribution in [3.8, 4) is 0 Å². The van der Waals surface area contributed by atoms with Crippen molar-refractivity contribution in [1.82, 2.24) is 5.32 Å². The SMILES string of the molecule is CC(=O)Nc1ccc(N2C(=O)c3ccc(C(=O)OCC(=O)NC4CCCCC4C)cc3C2=O)cc1. The number of nitrogens with zero attached hydrogens (tertiary/aromatic N) is 1. The van der Waals surface area contributed by atoms with E-state index in [9.17, 15) is 24.0 Å². The molecule has 2 aliphatic rings. The van der Waals surface area contributed by atoms with Crippen LogP contribution in [0.5, 0.6) is 0 Å². The second-order valence-electron chi connectivity index (χ2n) is 8.95. The molecule has 9 nitrogen and oxygen atoms in total. The summed E-state index contributed by atoms with van der Waals surface area (Å²) < 4.78 is 5.15. The third-order valence-electron chi connectivity index (χ3n) is 6.36. The van der Waals surface area contributed by atoms with Gasteiger partial charge in [0.15, 0.2) is 6.61 Å². The van der Waals surface area contributed by atoms with Crippen molar-refractivity contribution in [2.24, 2.45) is 5.92 Å². The number of hydrogen-bond acceptors (Lipinski definition) is 6. The second-order valence-corrected chi connectivity index (χ2v) is 8.95. The Hall–Kier alpha value is -4.01. The predicted molar refractivity (Wildman–Crippen MR) is 128 cm³/mol. The van der Waals surface area contributed by atoms with E-state index in [4.69, 9.17) is 4.74 Å². The molecule has 0 bridgehead atoms. The molecule has 182 valence electrons. The fraction of sp³-hybridized carbons (Fsp3) is 0.346. The zero-order valence-corrected chi connectivity index (χ0v) is 19.6. The van der Waals surface area contributed by atoms with Gasteiger partial charge in [-0.3, -0.25) is 19.2 Å². The van der Waals surface area contributed by atoms with Gasteiger partial charge in [0.05, 0.1) is 22.4 Å². The van der Waals surface area contributed by atoms with Crippen LogP contribution in [-0.2, 0) is 14.3 Å². The molecule has 2 aromatic carbocycles. The number of nitrogens with one attached hydrogen (secondary N) is 2. The number of esters is 1. The van der Waals surface area contributed by atoms with Crippen molar-refractivity contribution < 1.29 is 28.7 Å². The number of carbonyl (C=O) groups is 5. The first-order valence-electron chi connectivity index (χ1n) is 11.6. The maximum Gasteiger partial charge on any atom is 0.338 e. The molecule has 4 rings (SSSR count). The Morgan fingerprint density at radius 2 is 1.66 bits per heavy atom. The minimum atomic E-state index is -0.752. The van der Waals surface area contributed by atoms with Crippen LogP contribution in [0.3, 0.4) is 0 Å². The van der Waals surface area contributed by atoms with Gasteiger partial charge in [0.2, 0.25) is 5.91 Å². The van der Waals surface area contributed by atoms with Gasteiger partial charge in [-0.25, -0.2) is 9.69 Å². The van der Waals surface area contributed by atoms with Gasteiger partial charge in [0.1, 0.15) is 0 Å². The molecule has 2 unspecified atom stereocenters. The van der Waals surface area contributed by atoms with Gasteiger partial charge < -0.3 is 15.4 Å². The lowest BCUT2D eigenvalue weighted by Crippen LogP contribution is -2.42. The molecule has 1 fully saturated rings. The fourth-order valence-electron chi connectivity index (χ4n) is 4.49. The molecule has 4 amide bonds. The molecule has 1 aliphatic carbocycles. The zero-order valence-electron chi connectivity index (χ0n) is 19.6. The van der Waals surface area contributed by atoms with E-state index in [1.165, 1.54) is 25.1 Å². The van der Waals surface area contributed by atoms with Crippen molar-refractivity contribution in [1.29, 1.82) is 0 Å². The predicted octanol–water partition coefficient (Wildman–Crippen LogP) is 3.30. The summed E-state index contributed by atoms with van der Waals surface area (Å²) in [6, 6.07) is 10.5. The van der Waals surface area contributed by atoms with E-state index in [1.807, 2.05) is 0 Å². The van der Waals surface area contributed by atoms with E-state index in [1.54, 1.807) is 24.3 Å². The molecule has 2 aromatic rings. The van der Waals surface area contributed by atoms with Crippen LogP contribution < -0.4 is 15.5 Å². The smallest absolute Gasteiger partial charge is 0.338 e. The number of imide groups is 1. The maximum atomic E-state index is 13.0. The third-order valence-corrected chi connectivity index (χ3v) is 6.36. The number of hydrogen-bond donors (Lipinski definition) is 2. The summed E-state index contributed by atoms with van der Waals surface area (Å²) >= 11 is 0. The second kappa shape index (κ2) is 10.1. The number of carbonyl (C=O) groups excluding carboxylic acids is 5. The van der Waals surface area contributed by atoms with Crippen LogP contribution in [0.4, 0.5) is 11.4 Å². The van der Waals surface area contributed by atoms with Gasteiger partial charge in [-0.05, 0) is 61.2 Å². The molecule has 35 heavy (non-hydrogen) atoms. The van der Waals surface area contributed by atoms with Gasteiger partial charge in [-0.1, -0.05) is 19.8 Å². The summed E-state index contributed by atoms with van der Waals surface area (Å²) in [6.45, 7) is 3.06. The Balaban J connectivity index is 1.41. The highest BCUT2D eigenvalue weighted by atomic mass is 16.5. The van der Waals surface area contributed by atoms with Gasteiger partial charge in [-0.15, -0.1) is 0 Å². The molecule has 2 N–H and O–H groups in total. The van der Waals surface area contributed by atoms with E-state index in [2.05, 4.69) is 17.6 Å². The molecule has 0 radical (unpaired) electrons. The Labute approximate surface area is 202 Å². The number of benzene rings is 2. The summed E-state index contributed by atoms with van der Waals surface area (Å²) in [4.78, 5) is 62.8. The Morgan fingerprint density at radius 1 is 0.971 bits per heavy atom. The molecule has 0 aromatic heterocycles. The molecule has 0 spiro atoms. The fourth-order valence-corrected chi connectivity index (χ4v) is 4.49. The monoisotopic (exact) mass is 477 g/mol. The molecule has 1 saturated carbocycles. The van der Waals surface area contributed by atoms with Gasteiger partial charge in [0, 0.05) is 18.7 Å². The van der Waals surface area contributed by atoms with Gasteiger partial charge in [0.25, 0.3) is 17.7 Å². The lowest BCUT2D eigenvalue weighted by molar-refractivity contribution is -0.125. The van der Waals surface area contributed by atoms with Crippen LogP contribution in [0, 0.1) is 5.92 Å². The van der Waals surface area contributed by atoms with Crippen molar-refractivity contribution in [2.75, 3.05) is 16.8 Å². The number of amides is 4. The van der Waals surface area contributed by atoms with Crippen molar-refractivity contribution in [2.45, 2.75) is 45.6 Å². The first kappa shape index (κ1) is 24.1. The van der Waals surface area contributed by atoms with Crippen molar-refractivity contribution in [3.05, 3.63) is 59.2 Å². The van der Waals surface area contributed by atoms with Gasteiger partial charge >= 0.3 is 5.97 Å². The summed E-state index contributed by atoms with van der Waals surface area (Å²) in [7, 11) is 0. The highest BCUT2D eigenvalue weighted by Gasteiger charge is 2.37. The number of anilines is 2. The summed E-state index contributed by atoms with van der Waals surface area (Å²) in [5.74, 6) is -2.06. The molecule has 2 atom stereocenters. The average Bonchev–Trinajstić information content (AvgIpc) is 3.08. The molecular weight excluding hydrogens is 450 g/mol. The topological polar surface area (TPSA) is 122 Å². The molecule has 0 saturated heterocycles. The van der Waals surface area contributed by atoms with Crippen LogP contribution in [0.2, 0.25) is 0 Å². The highest BCUT2D eigenvalue weighted by Crippen LogP contribution is 2.30. The van der Waals surface area contributed by atoms with Crippen molar-refractivity contribution in [3.63, 3.8) is 0 Å². The van der Waals surface area contributed by atoms with Crippen LogP contribution >= 0.6 is 0 Å². The van der Waals surface area contributed by atoms with E-state index in [0.717, 1.165) is 30.6 Å². The molecule has 1 heterocycles. The lowest BCUT2D eigenvalue weighted by Gasteiger charge is -2.29. The summed E-state index contributed by atoms with van der Waals surface area (Å²) in [6.07, 6.45) is 4.19. The zero-order chi connectivity index (χ0) is 25.1. The number of ether oxygens (including phenoxy) is 1. The Bertz CT molecular complexity index is 1190. The normalized spacial score (nSPS) is 19.2. The van der Waals surface area contributed by atoms with E-state index in [-0.39, 0.29) is 34.5 Å². The van der Waals surface area contributed by atoms with Crippen LogP contribution in [-0.4, -0.2) is 42.2 Å². The average molecular weight is 478 g/mol. The summed E-state index contributed by atoms with van der Waals surface area (Å²) in [5.41, 5.74) is 1.19. The van der Waals surface area contributed by atoms with E-state index in [0.29, 0.717) is 17.3 Å². The third kappa shape index (κ3) is 5.24. The lowest BCUT2D eigenvalue weighted by atomic mass is 9.86. The van der Waals surface area contributed by atoms with Crippen LogP contribution in [0.25, 0.3) is 0 Å². The highest BCUT2D eigenvalue weighted by molar-refractivity contribution is 6.34. The number of fused-ring (bicyclic) bond motifs is 1. The largest absolute Gasteiger partial charge is 0.452 e. The molecule has 1 aliphatic heterocycles. The first-order chi connectivity index (χ1) is 16.7. The minimum Gasteiger partial charge on any atom is -0.452 e. The molecular formula is C26H27N3O6. The maximum absolute atomic E-state index is 13.0. The van der Waals surface area contributed by atoms with Gasteiger partial charge in [-0.2, -0.15) is 0 Å².